The zero-order chi connectivity index (χ0) is 26.2. The number of rotatable bonds is 5. The van der Waals surface area contributed by atoms with E-state index in [2.05, 4.69) is 4.90 Å². The van der Waals surface area contributed by atoms with E-state index < -0.39 is 17.7 Å². The standard InChI is InChI=1S/C31H40N3O4/c1-32-16-18-33(19-17-32)30(36)38-31(24-10-4-2-5-11-24,25-12-6-3-7-13-25)29(35)37-28-22-26-14-15-27(23-28)34(26)20-8-9-21-34/h2-7,10-13,26-28H,8-9,14-23H2,1H3/q+1. The number of likely N-dealkylation sites (N-methyl/N-ethyl adjacent to an activating group) is 1. The van der Waals surface area contributed by atoms with Gasteiger partial charge in [0.25, 0.3) is 5.60 Å². The Labute approximate surface area is 225 Å². The summed E-state index contributed by atoms with van der Waals surface area (Å²) in [6.07, 6.45) is 6.23. The van der Waals surface area contributed by atoms with E-state index >= 15 is 0 Å². The van der Waals surface area contributed by atoms with E-state index in [1.54, 1.807) is 4.90 Å². The molecule has 4 aliphatic heterocycles. The molecule has 0 aliphatic carbocycles. The molecule has 7 heteroatoms. The van der Waals surface area contributed by atoms with Crippen LogP contribution in [-0.4, -0.2) is 90.8 Å². The summed E-state index contributed by atoms with van der Waals surface area (Å²) < 4.78 is 14.0. The quantitative estimate of drug-likeness (QED) is 0.440. The van der Waals surface area contributed by atoms with Crippen molar-refractivity contribution >= 4 is 12.1 Å². The van der Waals surface area contributed by atoms with Crippen LogP contribution in [0.3, 0.4) is 0 Å². The van der Waals surface area contributed by atoms with Gasteiger partial charge in [-0.25, -0.2) is 9.59 Å². The first-order valence-corrected chi connectivity index (χ1v) is 14.4. The molecule has 4 aliphatic rings. The molecule has 2 unspecified atom stereocenters. The van der Waals surface area contributed by atoms with Gasteiger partial charge in [0.1, 0.15) is 6.10 Å². The van der Waals surface area contributed by atoms with Gasteiger partial charge in [0.05, 0.1) is 25.2 Å². The second kappa shape index (κ2) is 10.3. The van der Waals surface area contributed by atoms with Crippen molar-refractivity contribution in [2.24, 2.45) is 0 Å². The molecule has 1 spiro atoms. The number of quaternary nitrogens is 1. The predicted molar refractivity (Wildman–Crippen MR) is 144 cm³/mol. The Kier molecular flexibility index (Phi) is 6.91. The van der Waals surface area contributed by atoms with E-state index in [4.69, 9.17) is 9.47 Å². The van der Waals surface area contributed by atoms with Crippen LogP contribution in [-0.2, 0) is 19.9 Å². The second-order valence-corrected chi connectivity index (χ2v) is 11.7. The SMILES string of the molecule is CN1CCN(C(=O)OC(C(=O)OC2CC3CCC(C2)[N+]32CCCC2)(c2ccccc2)c2ccccc2)CC1. The van der Waals surface area contributed by atoms with Crippen LogP contribution in [0.1, 0.15) is 49.7 Å². The van der Waals surface area contributed by atoms with E-state index in [-0.39, 0.29) is 6.10 Å². The van der Waals surface area contributed by atoms with Crippen LogP contribution in [0.4, 0.5) is 4.79 Å². The molecule has 6 rings (SSSR count). The molecule has 2 bridgehead atoms. The van der Waals surface area contributed by atoms with Crippen LogP contribution in [0.5, 0.6) is 0 Å². The molecule has 202 valence electrons. The summed E-state index contributed by atoms with van der Waals surface area (Å²) in [5.74, 6) is -0.489. The van der Waals surface area contributed by atoms with E-state index in [1.807, 2.05) is 67.7 Å². The van der Waals surface area contributed by atoms with E-state index in [9.17, 15) is 9.59 Å². The molecule has 0 aromatic heterocycles. The highest BCUT2D eigenvalue weighted by Gasteiger charge is 2.57. The normalized spacial score (nSPS) is 26.9. The number of hydrogen-bond donors (Lipinski definition) is 0. The van der Waals surface area contributed by atoms with Gasteiger partial charge in [0.2, 0.25) is 0 Å². The lowest BCUT2D eigenvalue weighted by atomic mass is 9.85. The molecule has 4 heterocycles. The van der Waals surface area contributed by atoms with Gasteiger partial charge in [-0.3, -0.25) is 0 Å². The Morgan fingerprint density at radius 1 is 0.816 bits per heavy atom. The molecule has 38 heavy (non-hydrogen) atoms. The van der Waals surface area contributed by atoms with Crippen LogP contribution >= 0.6 is 0 Å². The number of esters is 1. The first-order valence-electron chi connectivity index (χ1n) is 14.4. The minimum absolute atomic E-state index is 0.154. The van der Waals surface area contributed by atoms with Gasteiger partial charge in [0.15, 0.2) is 0 Å². The summed E-state index contributed by atoms with van der Waals surface area (Å²) in [7, 11) is 2.05. The maximum Gasteiger partial charge on any atom is 0.411 e. The van der Waals surface area contributed by atoms with Crippen molar-refractivity contribution in [3.8, 4) is 0 Å². The number of carbonyl (C=O) groups is 2. The minimum Gasteiger partial charge on any atom is -0.458 e. The summed E-state index contributed by atoms with van der Waals surface area (Å²) in [5.41, 5.74) is -0.444. The minimum atomic E-state index is -1.67. The maximum absolute atomic E-state index is 14.4. The molecular weight excluding hydrogens is 478 g/mol. The molecule has 0 radical (unpaired) electrons. The number of carbonyl (C=O) groups excluding carboxylic acids is 2. The zero-order valence-electron chi connectivity index (χ0n) is 22.5. The van der Waals surface area contributed by atoms with Crippen LogP contribution < -0.4 is 0 Å². The summed E-state index contributed by atoms with van der Waals surface area (Å²) in [5, 5.41) is 0. The number of benzene rings is 2. The molecule has 2 aromatic rings. The second-order valence-electron chi connectivity index (χ2n) is 11.7. The van der Waals surface area contributed by atoms with Gasteiger partial charge in [-0.05, 0) is 7.05 Å². The highest BCUT2D eigenvalue weighted by atomic mass is 16.6. The van der Waals surface area contributed by atoms with E-state index in [0.717, 1.165) is 25.9 Å². The number of nitrogens with zero attached hydrogens (tertiary/aromatic N) is 3. The van der Waals surface area contributed by atoms with Crippen molar-refractivity contribution in [1.82, 2.24) is 9.80 Å². The fourth-order valence-electron chi connectivity index (χ4n) is 7.63. The van der Waals surface area contributed by atoms with Crippen molar-refractivity contribution in [3.05, 3.63) is 71.8 Å². The monoisotopic (exact) mass is 518 g/mol. The molecule has 7 nitrogen and oxygen atoms in total. The Hall–Kier alpha value is -2.90. The average Bonchev–Trinajstić information content (AvgIpc) is 3.49. The summed E-state index contributed by atoms with van der Waals surface area (Å²) in [4.78, 5) is 31.9. The highest BCUT2D eigenvalue weighted by Crippen LogP contribution is 2.47. The third kappa shape index (κ3) is 4.39. The van der Waals surface area contributed by atoms with Crippen LogP contribution in [0.15, 0.2) is 60.7 Å². The first kappa shape index (κ1) is 25.4. The van der Waals surface area contributed by atoms with Crippen LogP contribution in [0, 0.1) is 0 Å². The average molecular weight is 519 g/mol. The van der Waals surface area contributed by atoms with Gasteiger partial charge in [-0.2, -0.15) is 0 Å². The Morgan fingerprint density at radius 3 is 1.87 bits per heavy atom. The number of amides is 1. The molecule has 0 N–H and O–H groups in total. The smallest absolute Gasteiger partial charge is 0.411 e. The van der Waals surface area contributed by atoms with Crippen molar-refractivity contribution in [1.29, 1.82) is 0 Å². The summed E-state index contributed by atoms with van der Waals surface area (Å²) in [6, 6.07) is 19.9. The largest absolute Gasteiger partial charge is 0.458 e. The Balaban J connectivity index is 1.32. The van der Waals surface area contributed by atoms with Crippen molar-refractivity contribution in [2.45, 2.75) is 62.3 Å². The topological polar surface area (TPSA) is 59.1 Å². The lowest BCUT2D eigenvalue weighted by Crippen LogP contribution is -2.60. The predicted octanol–water partition coefficient (Wildman–Crippen LogP) is 4.16. The first-order chi connectivity index (χ1) is 18.5. The van der Waals surface area contributed by atoms with Gasteiger partial charge in [-0.1, -0.05) is 60.7 Å². The summed E-state index contributed by atoms with van der Waals surface area (Å²) >= 11 is 0. The molecule has 0 saturated carbocycles. The van der Waals surface area contributed by atoms with Crippen molar-refractivity contribution in [2.75, 3.05) is 46.3 Å². The maximum atomic E-state index is 14.4. The Morgan fingerprint density at radius 2 is 1.34 bits per heavy atom. The van der Waals surface area contributed by atoms with Crippen molar-refractivity contribution < 1.29 is 23.5 Å². The van der Waals surface area contributed by atoms with Crippen LogP contribution in [0.25, 0.3) is 0 Å². The van der Waals surface area contributed by atoms with Crippen molar-refractivity contribution in [3.63, 3.8) is 0 Å². The lowest BCUT2D eigenvalue weighted by molar-refractivity contribution is -0.956. The molecule has 4 saturated heterocycles. The van der Waals surface area contributed by atoms with E-state index in [1.165, 1.54) is 43.3 Å². The van der Waals surface area contributed by atoms with Gasteiger partial charge in [0, 0.05) is 75.8 Å². The van der Waals surface area contributed by atoms with Crippen LogP contribution in [0.2, 0.25) is 0 Å². The fraction of sp³-hybridized carbons (Fsp3) is 0.548. The molecule has 4 fully saturated rings. The highest BCUT2D eigenvalue weighted by molar-refractivity contribution is 5.89. The number of ether oxygens (including phenoxy) is 2. The lowest BCUT2D eigenvalue weighted by Gasteiger charge is -2.47. The zero-order valence-corrected chi connectivity index (χ0v) is 22.5. The molecular formula is C31H40N3O4+. The third-order valence-corrected chi connectivity index (χ3v) is 9.68. The fourth-order valence-corrected chi connectivity index (χ4v) is 7.63. The van der Waals surface area contributed by atoms with Gasteiger partial charge < -0.3 is 23.8 Å². The van der Waals surface area contributed by atoms with Gasteiger partial charge >= 0.3 is 12.1 Å². The number of piperidine rings is 1. The summed E-state index contributed by atoms with van der Waals surface area (Å²) in [6.45, 7) is 5.22. The number of piperazine rings is 1. The Bertz CT molecular complexity index is 1070. The van der Waals surface area contributed by atoms with Gasteiger partial charge in [-0.15, -0.1) is 0 Å². The molecule has 2 aromatic carbocycles. The third-order valence-electron chi connectivity index (χ3n) is 9.68. The molecule has 1 amide bonds. The molecule has 2 atom stereocenters. The van der Waals surface area contributed by atoms with E-state index in [0.29, 0.717) is 36.3 Å². The number of hydrogen-bond acceptors (Lipinski definition) is 5.